The summed E-state index contributed by atoms with van der Waals surface area (Å²) in [6, 6.07) is 3.17. The number of halogens is 4. The molecule has 3 rings (SSSR count). The molecule has 0 aliphatic carbocycles. The van der Waals surface area contributed by atoms with E-state index in [2.05, 4.69) is 32.0 Å². The van der Waals surface area contributed by atoms with Gasteiger partial charge in [0.25, 0.3) is 6.47 Å². The van der Waals surface area contributed by atoms with E-state index in [4.69, 9.17) is 30.5 Å². The number of rotatable bonds is 3. The van der Waals surface area contributed by atoms with Crippen molar-refractivity contribution in [2.45, 2.75) is 45.3 Å². The Morgan fingerprint density at radius 3 is 2.33 bits per heavy atom. The van der Waals surface area contributed by atoms with E-state index in [1.165, 1.54) is 32.9 Å². The third-order valence-electron chi connectivity index (χ3n) is 4.05. The van der Waals surface area contributed by atoms with Crippen LogP contribution >= 0.6 is 15.9 Å². The fraction of sp³-hybridized carbons (Fsp3) is 0.474. The number of carbonyl (C=O) groups is 2. The number of nitrogens with two attached hydrogens (primary N) is 1. The molecule has 2 aliphatic rings. The molecular weight excluding hydrogens is 519 g/mol. The van der Waals surface area contributed by atoms with Crippen LogP contribution in [0, 0.1) is 6.92 Å². The van der Waals surface area contributed by atoms with Crippen LogP contribution < -0.4 is 21.8 Å². The summed E-state index contributed by atoms with van der Waals surface area (Å²) >= 11 is 3.24. The minimum absolute atomic E-state index is 0.0650. The van der Waals surface area contributed by atoms with Crippen molar-refractivity contribution >= 4 is 34.4 Å². The number of ether oxygens (including phenoxy) is 2. The van der Waals surface area contributed by atoms with Gasteiger partial charge in [-0.05, 0) is 63.6 Å². The molecule has 2 atom stereocenters. The van der Waals surface area contributed by atoms with Crippen molar-refractivity contribution in [1.82, 2.24) is 5.32 Å². The number of benzene rings is 1. The Hall–Kier alpha value is -2.23. The van der Waals surface area contributed by atoms with E-state index in [0.717, 1.165) is 6.08 Å². The molecule has 188 valence electrons. The molecule has 8 N–H and O–H groups in total. The van der Waals surface area contributed by atoms with Gasteiger partial charge in [0, 0.05) is 10.0 Å². The Morgan fingerprint density at radius 2 is 1.91 bits per heavy atom. The van der Waals surface area contributed by atoms with Gasteiger partial charge in [0.1, 0.15) is 5.75 Å². The normalized spacial score (nSPS) is 17.1. The highest BCUT2D eigenvalue weighted by Crippen LogP contribution is 2.40. The summed E-state index contributed by atoms with van der Waals surface area (Å²) in [6.07, 6.45) is -4.52. The Morgan fingerprint density at radius 1 is 1.36 bits per heavy atom. The van der Waals surface area contributed by atoms with Crippen molar-refractivity contribution < 1.29 is 53.3 Å². The fourth-order valence-electron chi connectivity index (χ4n) is 2.73. The van der Waals surface area contributed by atoms with E-state index in [0.29, 0.717) is 15.6 Å². The molecule has 0 saturated carbocycles. The minimum atomic E-state index is -4.78. The summed E-state index contributed by atoms with van der Waals surface area (Å²) < 4.78 is 50.1. The Balaban J connectivity index is 0.000000857. The molecule has 14 heteroatoms. The van der Waals surface area contributed by atoms with Gasteiger partial charge >= 0.3 is 12.1 Å². The molecule has 1 aromatic rings. The number of nitrogens with one attached hydrogen (secondary N) is 1. The molecule has 10 nitrogen and oxygen atoms in total. The maximum atomic E-state index is 13.2. The van der Waals surface area contributed by atoms with Crippen LogP contribution in [0.4, 0.5) is 13.2 Å². The van der Waals surface area contributed by atoms with Crippen LogP contribution in [0.1, 0.15) is 30.9 Å². The predicted molar refractivity (Wildman–Crippen MR) is 114 cm³/mol. The highest BCUT2D eigenvalue weighted by atomic mass is 79.9. The van der Waals surface area contributed by atoms with Crippen molar-refractivity contribution in [3.05, 3.63) is 33.3 Å². The van der Waals surface area contributed by atoms with Gasteiger partial charge in [0.2, 0.25) is 12.4 Å². The van der Waals surface area contributed by atoms with Gasteiger partial charge in [0.15, 0.2) is 0 Å². The first-order chi connectivity index (χ1) is 15.5. The number of fused-ring (bicyclic) bond motifs is 1. The lowest BCUT2D eigenvalue weighted by Gasteiger charge is -2.29. The van der Waals surface area contributed by atoms with Gasteiger partial charge in [0.05, 0.1) is 5.57 Å². The maximum absolute atomic E-state index is 13.2. The third kappa shape index (κ3) is 10.5. The second kappa shape index (κ2) is 15.6. The lowest BCUT2D eigenvalue weighted by molar-refractivity contribution is -0.670. The van der Waals surface area contributed by atoms with E-state index in [-0.39, 0.29) is 12.2 Å². The van der Waals surface area contributed by atoms with E-state index >= 15 is 0 Å². The molecule has 33 heavy (non-hydrogen) atoms. The fourth-order valence-corrected chi connectivity index (χ4v) is 3.32. The molecule has 2 aliphatic heterocycles. The zero-order valence-electron chi connectivity index (χ0n) is 18.0. The molecule has 1 saturated heterocycles. The highest BCUT2D eigenvalue weighted by Gasteiger charge is 2.49. The first-order valence-corrected chi connectivity index (χ1v) is 10.3. The molecule has 1 aromatic carbocycles. The Labute approximate surface area is 196 Å². The lowest BCUT2D eigenvalue weighted by Crippen LogP contribution is -2.42. The van der Waals surface area contributed by atoms with Crippen molar-refractivity contribution in [1.29, 1.82) is 0 Å². The molecule has 2 heterocycles. The van der Waals surface area contributed by atoms with Crippen LogP contribution in [-0.4, -0.2) is 54.4 Å². The van der Waals surface area contributed by atoms with Crippen molar-refractivity contribution in [2.24, 2.45) is 5.90 Å². The SMILES string of the molecule is C1CCNC1.Cc1cc(Br)cc2c1OC(C(F)(F)F)C(C(=O)OC(C)ON)=C2.O=CO.[NH3+]O. The van der Waals surface area contributed by atoms with Crippen LogP contribution in [0.3, 0.4) is 0 Å². The van der Waals surface area contributed by atoms with Gasteiger partial charge < -0.3 is 19.9 Å². The summed E-state index contributed by atoms with van der Waals surface area (Å²) in [5.74, 6) is 5.93. The zero-order chi connectivity index (χ0) is 25.6. The van der Waals surface area contributed by atoms with Gasteiger partial charge in [-0.3, -0.25) is 9.63 Å². The smallest absolute Gasteiger partial charge is 0.430 e. The third-order valence-corrected chi connectivity index (χ3v) is 4.51. The second-order valence-electron chi connectivity index (χ2n) is 6.45. The van der Waals surface area contributed by atoms with E-state index < -0.39 is 30.1 Å². The summed E-state index contributed by atoms with van der Waals surface area (Å²) in [5, 5.41) is 16.9. The summed E-state index contributed by atoms with van der Waals surface area (Å²) in [6.45, 7) is 5.14. The first kappa shape index (κ1) is 30.8. The molecule has 0 spiro atoms. The molecular formula is C19H28BrF3N3O7+. The van der Waals surface area contributed by atoms with Crippen molar-refractivity contribution in [3.8, 4) is 5.75 Å². The largest absolute Gasteiger partial charge is 0.483 e. The Kier molecular flexibility index (Phi) is 14.5. The van der Waals surface area contributed by atoms with Gasteiger partial charge in [-0.1, -0.05) is 15.9 Å². The van der Waals surface area contributed by atoms with E-state index in [1.807, 2.05) is 0 Å². The molecule has 0 radical (unpaired) electrons. The molecule has 0 amide bonds. The number of hydrogen-bond acceptors (Lipinski definition) is 8. The number of carbonyl (C=O) groups excluding carboxylic acids is 1. The number of esters is 1. The molecule has 0 bridgehead atoms. The molecule has 1 fully saturated rings. The van der Waals surface area contributed by atoms with Crippen LogP contribution in [-0.2, 0) is 19.2 Å². The van der Waals surface area contributed by atoms with Crippen LogP contribution in [0.5, 0.6) is 5.75 Å². The first-order valence-electron chi connectivity index (χ1n) is 9.47. The van der Waals surface area contributed by atoms with Crippen LogP contribution in [0.25, 0.3) is 6.08 Å². The van der Waals surface area contributed by atoms with Gasteiger partial charge in [-0.2, -0.15) is 13.2 Å². The quantitative estimate of drug-likeness (QED) is 0.164. The van der Waals surface area contributed by atoms with Crippen LogP contribution in [0.2, 0.25) is 0 Å². The monoisotopic (exact) mass is 546 g/mol. The summed E-state index contributed by atoms with van der Waals surface area (Å²) in [5.41, 5.74) is 0.169. The summed E-state index contributed by atoms with van der Waals surface area (Å²) in [4.78, 5) is 24.6. The van der Waals surface area contributed by atoms with Crippen molar-refractivity contribution in [3.63, 3.8) is 0 Å². The molecule has 2 unspecified atom stereocenters. The lowest BCUT2D eigenvalue weighted by atomic mass is 9.99. The number of hydrogen-bond donors (Lipinski definition) is 5. The Bertz CT molecular complexity index is 783. The zero-order valence-corrected chi connectivity index (χ0v) is 19.6. The van der Waals surface area contributed by atoms with E-state index in [9.17, 15) is 18.0 Å². The number of quaternary nitrogens is 1. The molecule has 0 aromatic heterocycles. The van der Waals surface area contributed by atoms with Crippen molar-refractivity contribution in [2.75, 3.05) is 13.1 Å². The number of aryl methyl sites for hydroxylation is 1. The van der Waals surface area contributed by atoms with Crippen LogP contribution in [0.15, 0.2) is 22.2 Å². The summed E-state index contributed by atoms with van der Waals surface area (Å²) in [7, 11) is 0. The number of alkyl halides is 3. The van der Waals surface area contributed by atoms with Gasteiger partial charge in [-0.15, -0.1) is 0 Å². The average Bonchev–Trinajstić information content (AvgIpc) is 3.34. The highest BCUT2D eigenvalue weighted by molar-refractivity contribution is 9.10. The minimum Gasteiger partial charge on any atom is -0.483 e. The average molecular weight is 547 g/mol. The second-order valence-corrected chi connectivity index (χ2v) is 7.37. The van der Waals surface area contributed by atoms with E-state index in [1.54, 1.807) is 19.1 Å². The number of carboxylic acid groups (broad SMARTS) is 1. The predicted octanol–water partition coefficient (Wildman–Crippen LogP) is 1.93. The maximum Gasteiger partial charge on any atom is 0.430 e. The topological polar surface area (TPSA) is 168 Å². The standard InChI is InChI=1S/C14H13BrF3NO4.C4H9N.CH2O2.H4NO/c1-6-3-9(15)4-8-5-10(13(20)21-7(2)23-19)12(14(16,17)18)22-11(6)8;1-2-4-5-3-1;2-1-3;1-2/h3-5,7,12H,19H2,1-2H3;5H,1-4H2;1H,(H,2,3);2H,1H3/q;;;+1. The van der Waals surface area contributed by atoms with Gasteiger partial charge in [-0.25, -0.2) is 21.8 Å².